The maximum Gasteiger partial charge on any atom is 0.252 e. The fourth-order valence-corrected chi connectivity index (χ4v) is 4.56. The van der Waals surface area contributed by atoms with Crippen molar-refractivity contribution in [2.45, 2.75) is 56.1 Å². The van der Waals surface area contributed by atoms with Crippen molar-refractivity contribution in [3.05, 3.63) is 65.7 Å². The van der Waals surface area contributed by atoms with E-state index in [0.717, 1.165) is 30.4 Å². The van der Waals surface area contributed by atoms with Gasteiger partial charge in [-0.15, -0.1) is 0 Å². The van der Waals surface area contributed by atoms with Crippen molar-refractivity contribution in [1.82, 2.24) is 5.32 Å². The molecule has 1 amide bonds. The van der Waals surface area contributed by atoms with E-state index in [1.807, 2.05) is 54.6 Å². The van der Waals surface area contributed by atoms with Crippen molar-refractivity contribution < 1.29 is 24.5 Å². The summed E-state index contributed by atoms with van der Waals surface area (Å²) in [6, 6.07) is 17.2. The monoisotopic (exact) mass is 466 g/mol. The van der Waals surface area contributed by atoms with Crippen molar-refractivity contribution >= 4 is 11.8 Å². The Morgan fingerprint density at radius 2 is 1.79 bits per heavy atom. The quantitative estimate of drug-likeness (QED) is 0.468. The van der Waals surface area contributed by atoms with Crippen LogP contribution in [0.25, 0.3) is 0 Å². The van der Waals surface area contributed by atoms with Crippen LogP contribution < -0.4 is 10.1 Å². The van der Waals surface area contributed by atoms with E-state index in [1.165, 1.54) is 0 Å². The zero-order valence-corrected chi connectivity index (χ0v) is 19.5. The lowest BCUT2D eigenvalue weighted by Gasteiger charge is -2.33. The molecule has 0 radical (unpaired) electrons. The molecular weight excluding hydrogens is 432 g/mol. The molecule has 1 aliphatic heterocycles. The second-order valence-electron chi connectivity index (χ2n) is 9.32. The van der Waals surface area contributed by atoms with E-state index in [0.29, 0.717) is 43.9 Å². The molecule has 34 heavy (non-hydrogen) atoms. The van der Waals surface area contributed by atoms with Gasteiger partial charge in [-0.25, -0.2) is 4.99 Å². The highest BCUT2D eigenvalue weighted by molar-refractivity contribution is 6.00. The van der Waals surface area contributed by atoms with E-state index in [4.69, 9.17) is 19.6 Å². The van der Waals surface area contributed by atoms with Gasteiger partial charge in [0.25, 0.3) is 5.91 Å². The van der Waals surface area contributed by atoms with Crippen molar-refractivity contribution in [2.24, 2.45) is 4.99 Å². The minimum absolute atomic E-state index is 0.0890. The summed E-state index contributed by atoms with van der Waals surface area (Å²) >= 11 is 0. The van der Waals surface area contributed by atoms with Gasteiger partial charge in [0.15, 0.2) is 5.54 Å². The summed E-state index contributed by atoms with van der Waals surface area (Å²) < 4.78 is 11.5. The predicted molar refractivity (Wildman–Crippen MR) is 130 cm³/mol. The number of carbonyl (C=O) groups is 1. The molecule has 0 bridgehead atoms. The summed E-state index contributed by atoms with van der Waals surface area (Å²) in [6.07, 6.45) is 5.47. The van der Waals surface area contributed by atoms with Gasteiger partial charge in [0.2, 0.25) is 5.90 Å². The van der Waals surface area contributed by atoms with Gasteiger partial charge in [-0.3, -0.25) is 4.79 Å². The number of hydrogen-bond donors (Lipinski definition) is 3. The number of amides is 1. The first-order chi connectivity index (χ1) is 16.5. The van der Waals surface area contributed by atoms with Gasteiger partial charge in [0.05, 0.1) is 12.2 Å². The van der Waals surface area contributed by atoms with Gasteiger partial charge in [-0.05, 0) is 42.7 Å². The van der Waals surface area contributed by atoms with Crippen molar-refractivity contribution in [3.63, 3.8) is 0 Å². The van der Waals surface area contributed by atoms with E-state index >= 15 is 0 Å². The van der Waals surface area contributed by atoms with E-state index in [-0.39, 0.29) is 25.7 Å². The molecule has 2 aliphatic rings. The Labute approximate surface area is 200 Å². The van der Waals surface area contributed by atoms with E-state index in [2.05, 4.69) is 5.32 Å². The van der Waals surface area contributed by atoms with Crippen LogP contribution in [0.4, 0.5) is 0 Å². The molecule has 1 fully saturated rings. The number of benzene rings is 2. The maximum absolute atomic E-state index is 13.5. The highest BCUT2D eigenvalue weighted by atomic mass is 16.5. The number of ether oxygens (including phenoxy) is 2. The first-order valence-corrected chi connectivity index (χ1v) is 12.1. The Hall–Kier alpha value is -2.90. The molecule has 0 aromatic heterocycles. The van der Waals surface area contributed by atoms with E-state index in [1.54, 1.807) is 0 Å². The van der Waals surface area contributed by atoms with E-state index in [9.17, 15) is 9.90 Å². The molecule has 1 saturated carbocycles. The standard InChI is InChI=1S/C27H34N2O5/c30-16-7-17-33-23-12-10-22(11-13-23)24-29-27(20-34-24,18-21-8-3-1-4-9-21)25(31)28-19-26(32)14-5-2-6-15-26/h1,3-4,8-13,30,32H,2,5-7,14-20H2,(H,28,31)/t27-/m1/s1. The molecule has 0 spiro atoms. The number of nitrogens with one attached hydrogen (secondary N) is 1. The largest absolute Gasteiger partial charge is 0.494 e. The number of aliphatic imine (C=N–C) groups is 1. The van der Waals surface area contributed by atoms with Crippen LogP contribution in [-0.4, -0.2) is 59.5 Å². The molecular formula is C27H34N2O5. The lowest BCUT2D eigenvalue weighted by molar-refractivity contribution is -0.128. The Kier molecular flexibility index (Phi) is 7.85. The number of rotatable bonds is 10. The number of hydrogen-bond acceptors (Lipinski definition) is 6. The highest BCUT2D eigenvalue weighted by Gasteiger charge is 2.45. The molecule has 2 aromatic rings. The summed E-state index contributed by atoms with van der Waals surface area (Å²) in [5.74, 6) is 0.892. The zero-order valence-electron chi connectivity index (χ0n) is 19.5. The molecule has 0 unspecified atom stereocenters. The highest BCUT2D eigenvalue weighted by Crippen LogP contribution is 2.30. The average Bonchev–Trinajstić information content (AvgIpc) is 3.29. The van der Waals surface area contributed by atoms with Crippen molar-refractivity contribution in [2.75, 3.05) is 26.4 Å². The van der Waals surface area contributed by atoms with E-state index < -0.39 is 11.1 Å². The Morgan fingerprint density at radius 3 is 2.50 bits per heavy atom. The van der Waals surface area contributed by atoms with Gasteiger partial charge < -0.3 is 25.0 Å². The second kappa shape index (κ2) is 11.0. The molecule has 1 aliphatic carbocycles. The third kappa shape index (κ3) is 5.96. The van der Waals surface area contributed by atoms with Gasteiger partial charge >= 0.3 is 0 Å². The molecule has 1 heterocycles. The topological polar surface area (TPSA) is 100 Å². The third-order valence-electron chi connectivity index (χ3n) is 6.56. The van der Waals surface area contributed by atoms with Crippen LogP contribution >= 0.6 is 0 Å². The lowest BCUT2D eigenvalue weighted by Crippen LogP contribution is -2.53. The fraction of sp³-hybridized carbons (Fsp3) is 0.481. The van der Waals surface area contributed by atoms with Gasteiger partial charge in [-0.2, -0.15) is 0 Å². The Balaban J connectivity index is 1.52. The number of carbonyl (C=O) groups excluding carboxylic acids is 1. The fourth-order valence-electron chi connectivity index (χ4n) is 4.56. The smallest absolute Gasteiger partial charge is 0.252 e. The third-order valence-corrected chi connectivity index (χ3v) is 6.56. The molecule has 7 nitrogen and oxygen atoms in total. The van der Waals surface area contributed by atoms with Crippen molar-refractivity contribution in [3.8, 4) is 5.75 Å². The Morgan fingerprint density at radius 1 is 1.06 bits per heavy atom. The number of aliphatic hydroxyl groups excluding tert-OH is 1. The minimum atomic E-state index is -1.10. The molecule has 0 saturated heterocycles. The predicted octanol–water partition coefficient (Wildman–Crippen LogP) is 3.02. The maximum atomic E-state index is 13.5. The summed E-state index contributed by atoms with van der Waals surface area (Å²) in [4.78, 5) is 18.3. The molecule has 2 aromatic carbocycles. The van der Waals surface area contributed by atoms with Gasteiger partial charge in [0, 0.05) is 31.6 Å². The number of aliphatic hydroxyl groups is 2. The van der Waals surface area contributed by atoms with Crippen LogP contribution in [0.5, 0.6) is 5.75 Å². The first-order valence-electron chi connectivity index (χ1n) is 12.1. The van der Waals surface area contributed by atoms with Crippen molar-refractivity contribution in [1.29, 1.82) is 0 Å². The first kappa shape index (κ1) is 24.2. The minimum Gasteiger partial charge on any atom is -0.494 e. The normalized spacial score (nSPS) is 21.4. The van der Waals surface area contributed by atoms with Crippen LogP contribution in [-0.2, 0) is 16.0 Å². The number of nitrogens with zero attached hydrogens (tertiary/aromatic N) is 1. The van der Waals surface area contributed by atoms with Crippen LogP contribution in [0.1, 0.15) is 49.7 Å². The molecule has 4 rings (SSSR count). The van der Waals surface area contributed by atoms with Crippen LogP contribution in [0.15, 0.2) is 59.6 Å². The SMILES string of the molecule is O=C(NCC1(O)CCCCC1)[C@@]1(Cc2ccccc2)COC(c2ccc(OCCCO)cc2)=N1. The van der Waals surface area contributed by atoms with Gasteiger partial charge in [-0.1, -0.05) is 49.6 Å². The molecule has 182 valence electrons. The summed E-state index contributed by atoms with van der Waals surface area (Å²) in [6.45, 7) is 0.898. The second-order valence-corrected chi connectivity index (χ2v) is 9.32. The van der Waals surface area contributed by atoms with Gasteiger partial charge in [0.1, 0.15) is 12.4 Å². The molecule has 7 heteroatoms. The molecule has 3 N–H and O–H groups in total. The lowest BCUT2D eigenvalue weighted by atomic mass is 9.84. The average molecular weight is 467 g/mol. The molecule has 1 atom stereocenters. The summed E-state index contributed by atoms with van der Waals surface area (Å²) in [7, 11) is 0. The summed E-state index contributed by atoms with van der Waals surface area (Å²) in [5, 5.41) is 22.8. The van der Waals surface area contributed by atoms with Crippen LogP contribution in [0.2, 0.25) is 0 Å². The summed E-state index contributed by atoms with van der Waals surface area (Å²) in [5.41, 5.74) is -0.184. The Bertz CT molecular complexity index is 970. The van der Waals surface area contributed by atoms with Crippen LogP contribution in [0.3, 0.4) is 0 Å². The zero-order chi connectivity index (χ0) is 23.9. The van der Waals surface area contributed by atoms with Crippen LogP contribution in [0, 0.1) is 0 Å².